The highest BCUT2D eigenvalue weighted by atomic mass is 19.3. The number of aromatic carboxylic acids is 1. The molecule has 9 heteroatoms. The van der Waals surface area contributed by atoms with Gasteiger partial charge in [0, 0.05) is 48.0 Å². The van der Waals surface area contributed by atoms with Crippen molar-refractivity contribution in [1.29, 1.82) is 0 Å². The van der Waals surface area contributed by atoms with E-state index in [2.05, 4.69) is 15.0 Å². The number of methoxy groups -OCH3 is 1. The third-order valence-electron chi connectivity index (χ3n) is 7.18. The van der Waals surface area contributed by atoms with Crippen molar-refractivity contribution in [1.82, 2.24) is 19.7 Å². The second kappa shape index (κ2) is 9.73. The van der Waals surface area contributed by atoms with E-state index in [0.717, 1.165) is 27.8 Å². The summed E-state index contributed by atoms with van der Waals surface area (Å²) in [5, 5.41) is 15.2. The van der Waals surface area contributed by atoms with Crippen LogP contribution < -0.4 is 4.74 Å². The number of piperidine rings is 1. The van der Waals surface area contributed by atoms with Gasteiger partial charge < -0.3 is 14.8 Å². The summed E-state index contributed by atoms with van der Waals surface area (Å²) in [6, 6.07) is 10.7. The van der Waals surface area contributed by atoms with Crippen molar-refractivity contribution in [3.8, 4) is 5.75 Å². The fraction of sp³-hybridized carbons (Fsp3) is 0.333. The average molecular weight is 495 g/mol. The number of hydrogen-bond donors (Lipinski definition) is 2. The number of carbonyl (C=O) groups is 1. The lowest BCUT2D eigenvalue weighted by Crippen LogP contribution is -2.38. The van der Waals surface area contributed by atoms with E-state index in [0.29, 0.717) is 31.5 Å². The highest BCUT2D eigenvalue weighted by Gasteiger charge is 2.34. The lowest BCUT2D eigenvalue weighted by Gasteiger charge is -2.40. The number of carboxylic acids is 1. The normalized spacial score (nSPS) is 18.7. The van der Waals surface area contributed by atoms with Crippen LogP contribution in [0.2, 0.25) is 0 Å². The highest BCUT2D eigenvalue weighted by Crippen LogP contribution is 2.41. The summed E-state index contributed by atoms with van der Waals surface area (Å²) in [5.74, 6) is -0.215. The van der Waals surface area contributed by atoms with Gasteiger partial charge in [-0.3, -0.25) is 9.58 Å². The van der Waals surface area contributed by atoms with Gasteiger partial charge in [0.15, 0.2) is 0 Å². The Hall–Kier alpha value is -3.72. The number of H-pyrrole nitrogens is 1. The van der Waals surface area contributed by atoms with Gasteiger partial charge >= 0.3 is 5.97 Å². The number of benzene rings is 2. The second-order valence-corrected chi connectivity index (χ2v) is 9.25. The zero-order chi connectivity index (χ0) is 25.4. The van der Waals surface area contributed by atoms with E-state index >= 15 is 0 Å². The van der Waals surface area contributed by atoms with Gasteiger partial charge in [0.05, 0.1) is 30.5 Å². The van der Waals surface area contributed by atoms with E-state index in [1.165, 1.54) is 12.4 Å². The fourth-order valence-electron chi connectivity index (χ4n) is 5.38. The highest BCUT2D eigenvalue weighted by molar-refractivity contribution is 5.90. The van der Waals surface area contributed by atoms with Gasteiger partial charge in [0.2, 0.25) is 0 Å². The Kier molecular flexibility index (Phi) is 6.49. The summed E-state index contributed by atoms with van der Waals surface area (Å²) in [6.07, 6.45) is 3.16. The number of alkyl halides is 2. The minimum Gasteiger partial charge on any atom is -0.496 e. The Morgan fingerprint density at radius 1 is 1.31 bits per heavy atom. The van der Waals surface area contributed by atoms with Crippen LogP contribution in [0.4, 0.5) is 8.78 Å². The molecule has 5 rings (SSSR count). The maximum Gasteiger partial charge on any atom is 0.336 e. The first-order valence-corrected chi connectivity index (χ1v) is 11.9. The third-order valence-corrected chi connectivity index (χ3v) is 7.18. The molecule has 7 nitrogen and oxygen atoms in total. The van der Waals surface area contributed by atoms with E-state index in [9.17, 15) is 18.7 Å². The number of aromatic nitrogens is 3. The minimum absolute atomic E-state index is 0.112. The molecule has 1 fully saturated rings. The number of nitrogens with one attached hydrogen (secondary N) is 1. The van der Waals surface area contributed by atoms with E-state index in [-0.39, 0.29) is 23.2 Å². The molecular weight excluding hydrogens is 466 g/mol. The summed E-state index contributed by atoms with van der Waals surface area (Å²) in [4.78, 5) is 17.7. The lowest BCUT2D eigenvalue weighted by atomic mass is 9.88. The number of nitrogens with zero attached hydrogens (tertiary/aromatic N) is 3. The molecule has 2 unspecified atom stereocenters. The molecule has 0 bridgehead atoms. The number of likely N-dealkylation sites (tertiary alicyclic amines) is 1. The van der Waals surface area contributed by atoms with Crippen molar-refractivity contribution in [3.05, 3.63) is 82.8 Å². The molecule has 3 heterocycles. The van der Waals surface area contributed by atoms with Crippen LogP contribution >= 0.6 is 0 Å². The molecule has 0 aliphatic carbocycles. The first kappa shape index (κ1) is 24.0. The molecule has 36 heavy (non-hydrogen) atoms. The topological polar surface area (TPSA) is 83.4 Å². The number of aromatic amines is 1. The molecule has 2 atom stereocenters. The van der Waals surface area contributed by atoms with Crippen LogP contribution in [0.5, 0.6) is 5.75 Å². The molecule has 0 saturated carbocycles. The molecule has 188 valence electrons. The van der Waals surface area contributed by atoms with Crippen LogP contribution in [0, 0.1) is 6.92 Å². The molecule has 2 N–H and O–H groups in total. The second-order valence-electron chi connectivity index (χ2n) is 9.25. The smallest absolute Gasteiger partial charge is 0.336 e. The molecule has 0 spiro atoms. The molecule has 0 radical (unpaired) electrons. The first-order valence-electron chi connectivity index (χ1n) is 11.9. The molecular formula is C27H28F2N4O3. The van der Waals surface area contributed by atoms with Gasteiger partial charge in [-0.15, -0.1) is 0 Å². The lowest BCUT2D eigenvalue weighted by molar-refractivity contribution is 0.0681. The monoisotopic (exact) mass is 494 g/mol. The van der Waals surface area contributed by atoms with Crippen LogP contribution in [0.25, 0.3) is 10.9 Å². The average Bonchev–Trinajstić information content (AvgIpc) is 3.57. The Morgan fingerprint density at radius 3 is 2.83 bits per heavy atom. The molecule has 2 aromatic heterocycles. The number of hydrogen-bond acceptors (Lipinski definition) is 4. The van der Waals surface area contributed by atoms with Gasteiger partial charge in [-0.1, -0.05) is 18.2 Å². The van der Waals surface area contributed by atoms with E-state index in [1.54, 1.807) is 23.9 Å². The number of rotatable bonds is 7. The predicted molar refractivity (Wildman–Crippen MR) is 132 cm³/mol. The van der Waals surface area contributed by atoms with Gasteiger partial charge in [-0.05, 0) is 49.1 Å². The van der Waals surface area contributed by atoms with Gasteiger partial charge in [0.25, 0.3) is 6.43 Å². The van der Waals surface area contributed by atoms with Crippen molar-refractivity contribution < 1.29 is 23.4 Å². The Morgan fingerprint density at radius 2 is 2.11 bits per heavy atom. The van der Waals surface area contributed by atoms with Crippen LogP contribution in [0.3, 0.4) is 0 Å². The molecule has 1 aliphatic heterocycles. The molecule has 0 amide bonds. The molecule has 2 aromatic carbocycles. The zero-order valence-corrected chi connectivity index (χ0v) is 20.1. The van der Waals surface area contributed by atoms with Crippen LogP contribution in [0.1, 0.15) is 64.0 Å². The standard InChI is InChI=1S/C27H28F2N4O3/c1-16-11-24(36-2)22(20-7-9-30-25(16)20)15-32-10-8-18(33-14-17(13-31-33)26(28)29)12-23(32)19-5-3-4-6-21(19)27(34)35/h3-7,9,11,13-14,18,23,26,30H,8,10,12,15H2,1-2H3,(H,34,35). The summed E-state index contributed by atoms with van der Waals surface area (Å²) in [7, 11) is 1.65. The van der Waals surface area contributed by atoms with Crippen molar-refractivity contribution in [2.75, 3.05) is 13.7 Å². The third kappa shape index (κ3) is 4.35. The van der Waals surface area contributed by atoms with Crippen molar-refractivity contribution in [2.45, 2.75) is 44.8 Å². The van der Waals surface area contributed by atoms with Gasteiger partial charge in [-0.25, -0.2) is 13.6 Å². The van der Waals surface area contributed by atoms with Crippen molar-refractivity contribution in [3.63, 3.8) is 0 Å². The van der Waals surface area contributed by atoms with Gasteiger partial charge in [-0.2, -0.15) is 5.10 Å². The van der Waals surface area contributed by atoms with Crippen LogP contribution in [-0.2, 0) is 6.54 Å². The SMILES string of the molecule is COc1cc(C)c2[nH]ccc2c1CN1CCC(n2cc(C(F)F)cn2)CC1c1ccccc1C(=O)O. The summed E-state index contributed by atoms with van der Waals surface area (Å²) in [6.45, 7) is 3.21. The van der Waals surface area contributed by atoms with E-state index in [4.69, 9.17) is 4.74 Å². The number of fused-ring (bicyclic) bond motifs is 1. The zero-order valence-electron chi connectivity index (χ0n) is 20.1. The maximum absolute atomic E-state index is 13.2. The largest absolute Gasteiger partial charge is 0.496 e. The fourth-order valence-corrected chi connectivity index (χ4v) is 5.38. The number of aryl methyl sites for hydroxylation is 1. The minimum atomic E-state index is -2.58. The summed E-state index contributed by atoms with van der Waals surface area (Å²) < 4.78 is 33.7. The molecule has 1 aliphatic rings. The van der Waals surface area contributed by atoms with Crippen molar-refractivity contribution in [2.24, 2.45) is 0 Å². The van der Waals surface area contributed by atoms with Crippen LogP contribution in [-0.4, -0.2) is 44.4 Å². The number of ether oxygens (including phenoxy) is 1. The van der Waals surface area contributed by atoms with E-state index in [1.807, 2.05) is 37.4 Å². The molecule has 1 saturated heterocycles. The van der Waals surface area contributed by atoms with Gasteiger partial charge in [0.1, 0.15) is 5.75 Å². The first-order chi connectivity index (χ1) is 17.4. The Bertz CT molecular complexity index is 1400. The Labute approximate surface area is 207 Å². The molecule has 4 aromatic rings. The van der Waals surface area contributed by atoms with E-state index < -0.39 is 12.4 Å². The number of carboxylic acid groups (broad SMARTS) is 1. The number of halogens is 2. The van der Waals surface area contributed by atoms with Crippen molar-refractivity contribution >= 4 is 16.9 Å². The van der Waals surface area contributed by atoms with Crippen LogP contribution in [0.15, 0.2) is 55.0 Å². The maximum atomic E-state index is 13.2. The summed E-state index contributed by atoms with van der Waals surface area (Å²) in [5.41, 5.74) is 3.97. The summed E-state index contributed by atoms with van der Waals surface area (Å²) >= 11 is 0. The predicted octanol–water partition coefficient (Wildman–Crippen LogP) is 5.90. The quantitative estimate of drug-likeness (QED) is 0.334. The Balaban J connectivity index is 1.54.